The minimum Gasteiger partial charge on any atom is -0.462 e. The van der Waals surface area contributed by atoms with Crippen LogP contribution in [-0.2, 0) is 10.9 Å². The largest absolute Gasteiger partial charge is 0.462 e. The van der Waals surface area contributed by atoms with Gasteiger partial charge in [0, 0.05) is 24.2 Å². The van der Waals surface area contributed by atoms with Crippen LogP contribution in [0.15, 0.2) is 55.0 Å². The van der Waals surface area contributed by atoms with E-state index in [9.17, 15) is 18.0 Å². The molecule has 0 amide bonds. The van der Waals surface area contributed by atoms with Gasteiger partial charge in [-0.1, -0.05) is 12.1 Å². The first-order chi connectivity index (χ1) is 13.4. The Morgan fingerprint density at radius 3 is 2.71 bits per heavy atom. The number of pyridine rings is 1. The number of nitrogens with one attached hydrogen (secondary N) is 1. The summed E-state index contributed by atoms with van der Waals surface area (Å²) in [6, 6.07) is 9.14. The van der Waals surface area contributed by atoms with Crippen molar-refractivity contribution in [2.24, 2.45) is 0 Å². The fourth-order valence-electron chi connectivity index (χ4n) is 2.40. The number of carbonyl (C=O) groups excluding carboxylic acids is 1. The number of para-hydroxylation sites is 1. The molecular formula is C19H15F3N4O2. The summed E-state index contributed by atoms with van der Waals surface area (Å²) in [5, 5.41) is 2.97. The van der Waals surface area contributed by atoms with E-state index in [1.165, 1.54) is 18.5 Å². The van der Waals surface area contributed by atoms with Crippen LogP contribution in [0.2, 0.25) is 0 Å². The van der Waals surface area contributed by atoms with E-state index in [0.717, 1.165) is 12.3 Å². The summed E-state index contributed by atoms with van der Waals surface area (Å²) in [7, 11) is 0. The summed E-state index contributed by atoms with van der Waals surface area (Å²) in [6.07, 6.45) is -1.13. The maximum Gasteiger partial charge on any atom is 0.417 e. The Hall–Kier alpha value is -3.49. The Balaban J connectivity index is 1.91. The fraction of sp³-hybridized carbons (Fsp3) is 0.158. The zero-order chi connectivity index (χ0) is 20.1. The van der Waals surface area contributed by atoms with Crippen molar-refractivity contribution >= 4 is 17.5 Å². The number of rotatable bonds is 5. The molecule has 144 valence electrons. The monoisotopic (exact) mass is 388 g/mol. The number of hydrogen-bond donors (Lipinski definition) is 1. The molecule has 0 fully saturated rings. The first kappa shape index (κ1) is 19.3. The van der Waals surface area contributed by atoms with E-state index >= 15 is 0 Å². The SMILES string of the molecule is CCOC(=O)c1ccccc1Nc1ccnc(-c2cncc(C(F)(F)F)c2)n1. The third-order valence-corrected chi connectivity index (χ3v) is 3.66. The molecule has 9 heteroatoms. The van der Waals surface area contributed by atoms with E-state index < -0.39 is 17.7 Å². The summed E-state index contributed by atoms with van der Waals surface area (Å²) in [4.78, 5) is 23.9. The Labute approximate surface area is 158 Å². The first-order valence-corrected chi connectivity index (χ1v) is 8.27. The van der Waals surface area contributed by atoms with E-state index in [0.29, 0.717) is 17.1 Å². The molecule has 2 aromatic heterocycles. The molecule has 1 aromatic carbocycles. The molecule has 28 heavy (non-hydrogen) atoms. The normalized spacial score (nSPS) is 11.1. The summed E-state index contributed by atoms with van der Waals surface area (Å²) in [6.45, 7) is 1.93. The van der Waals surface area contributed by atoms with Crippen molar-refractivity contribution in [1.29, 1.82) is 0 Å². The highest BCUT2D eigenvalue weighted by molar-refractivity contribution is 5.96. The van der Waals surface area contributed by atoms with Gasteiger partial charge in [-0.3, -0.25) is 4.98 Å². The predicted octanol–water partition coefficient (Wildman–Crippen LogP) is 4.48. The van der Waals surface area contributed by atoms with Gasteiger partial charge in [0.15, 0.2) is 5.82 Å². The Bertz CT molecular complexity index is 993. The number of nitrogens with zero attached hydrogens (tertiary/aromatic N) is 3. The lowest BCUT2D eigenvalue weighted by Gasteiger charge is -2.11. The fourth-order valence-corrected chi connectivity index (χ4v) is 2.40. The van der Waals surface area contributed by atoms with Crippen LogP contribution in [0.5, 0.6) is 0 Å². The van der Waals surface area contributed by atoms with Crippen molar-refractivity contribution in [3.8, 4) is 11.4 Å². The number of halogens is 3. The van der Waals surface area contributed by atoms with Gasteiger partial charge in [-0.15, -0.1) is 0 Å². The standard InChI is InChI=1S/C19H15F3N4O2/c1-2-28-18(27)14-5-3-4-6-15(14)25-16-7-8-24-17(26-16)12-9-13(11-23-10-12)19(20,21)22/h3-11H,2H2,1H3,(H,24,25,26). The molecule has 0 bridgehead atoms. The number of anilines is 2. The maximum absolute atomic E-state index is 12.9. The molecule has 0 aliphatic carbocycles. The quantitative estimate of drug-likeness (QED) is 0.650. The first-order valence-electron chi connectivity index (χ1n) is 8.27. The van der Waals surface area contributed by atoms with Gasteiger partial charge in [0.25, 0.3) is 0 Å². The van der Waals surface area contributed by atoms with Gasteiger partial charge in [-0.2, -0.15) is 13.2 Å². The van der Waals surface area contributed by atoms with Crippen LogP contribution in [0.1, 0.15) is 22.8 Å². The Morgan fingerprint density at radius 2 is 1.96 bits per heavy atom. The van der Waals surface area contributed by atoms with Crippen molar-refractivity contribution in [3.05, 3.63) is 66.1 Å². The Kier molecular flexibility index (Phi) is 5.53. The lowest BCUT2D eigenvalue weighted by atomic mass is 10.1. The van der Waals surface area contributed by atoms with Crippen LogP contribution in [0.4, 0.5) is 24.7 Å². The molecule has 3 rings (SSSR count). The van der Waals surface area contributed by atoms with Gasteiger partial charge in [-0.25, -0.2) is 14.8 Å². The van der Waals surface area contributed by atoms with E-state index in [-0.39, 0.29) is 18.0 Å². The summed E-state index contributed by atoms with van der Waals surface area (Å²) >= 11 is 0. The summed E-state index contributed by atoms with van der Waals surface area (Å²) in [5.41, 5.74) is -0.00483. The molecule has 0 aliphatic heterocycles. The third kappa shape index (κ3) is 4.43. The molecule has 0 saturated carbocycles. The maximum atomic E-state index is 12.9. The van der Waals surface area contributed by atoms with Gasteiger partial charge >= 0.3 is 12.1 Å². The molecule has 0 radical (unpaired) electrons. The number of benzene rings is 1. The second kappa shape index (κ2) is 8.03. The number of alkyl halides is 3. The molecule has 0 aliphatic rings. The number of carbonyl (C=O) groups is 1. The predicted molar refractivity (Wildman–Crippen MR) is 95.9 cm³/mol. The second-order valence-electron chi connectivity index (χ2n) is 5.62. The number of esters is 1. The van der Waals surface area contributed by atoms with Crippen LogP contribution >= 0.6 is 0 Å². The van der Waals surface area contributed by atoms with Crippen LogP contribution < -0.4 is 5.32 Å². The van der Waals surface area contributed by atoms with E-state index in [1.54, 1.807) is 31.2 Å². The summed E-state index contributed by atoms with van der Waals surface area (Å²) in [5.74, 6) is -0.127. The third-order valence-electron chi connectivity index (χ3n) is 3.66. The second-order valence-corrected chi connectivity index (χ2v) is 5.62. The number of ether oxygens (including phenoxy) is 1. The van der Waals surface area contributed by atoms with Gasteiger partial charge in [0.05, 0.1) is 23.4 Å². The minimum atomic E-state index is -4.52. The van der Waals surface area contributed by atoms with E-state index in [1.807, 2.05) is 0 Å². The molecule has 3 aromatic rings. The highest BCUT2D eigenvalue weighted by atomic mass is 19.4. The molecule has 0 unspecified atom stereocenters. The topological polar surface area (TPSA) is 77.0 Å². The molecule has 2 heterocycles. The zero-order valence-electron chi connectivity index (χ0n) is 14.7. The zero-order valence-corrected chi connectivity index (χ0v) is 14.7. The number of aromatic nitrogens is 3. The molecule has 1 N–H and O–H groups in total. The molecule has 0 atom stereocenters. The van der Waals surface area contributed by atoms with Crippen molar-refractivity contribution in [2.75, 3.05) is 11.9 Å². The van der Waals surface area contributed by atoms with E-state index in [4.69, 9.17) is 4.74 Å². The minimum absolute atomic E-state index is 0.0669. The lowest BCUT2D eigenvalue weighted by Crippen LogP contribution is -2.08. The molecule has 0 saturated heterocycles. The Morgan fingerprint density at radius 1 is 1.18 bits per heavy atom. The van der Waals surface area contributed by atoms with Crippen molar-refractivity contribution in [2.45, 2.75) is 13.1 Å². The van der Waals surface area contributed by atoms with Gasteiger partial charge in [-0.05, 0) is 31.2 Å². The molecule has 6 nitrogen and oxygen atoms in total. The average molecular weight is 388 g/mol. The smallest absolute Gasteiger partial charge is 0.417 e. The van der Waals surface area contributed by atoms with Crippen LogP contribution in [0.3, 0.4) is 0 Å². The van der Waals surface area contributed by atoms with Crippen LogP contribution in [-0.4, -0.2) is 27.5 Å². The van der Waals surface area contributed by atoms with Crippen LogP contribution in [0, 0.1) is 0 Å². The van der Waals surface area contributed by atoms with Crippen molar-refractivity contribution in [1.82, 2.24) is 15.0 Å². The van der Waals surface area contributed by atoms with Crippen LogP contribution in [0.25, 0.3) is 11.4 Å². The van der Waals surface area contributed by atoms with Gasteiger partial charge in [0.2, 0.25) is 0 Å². The average Bonchev–Trinajstić information content (AvgIpc) is 2.68. The lowest BCUT2D eigenvalue weighted by molar-refractivity contribution is -0.137. The van der Waals surface area contributed by atoms with Crippen molar-refractivity contribution < 1.29 is 22.7 Å². The number of hydrogen-bond acceptors (Lipinski definition) is 6. The highest BCUT2D eigenvalue weighted by Crippen LogP contribution is 2.31. The van der Waals surface area contributed by atoms with Gasteiger partial charge < -0.3 is 10.1 Å². The molecule has 0 spiro atoms. The highest BCUT2D eigenvalue weighted by Gasteiger charge is 2.31. The van der Waals surface area contributed by atoms with Gasteiger partial charge in [0.1, 0.15) is 5.82 Å². The summed E-state index contributed by atoms with van der Waals surface area (Å²) < 4.78 is 43.7. The molecular weight excluding hydrogens is 373 g/mol. The van der Waals surface area contributed by atoms with E-state index in [2.05, 4.69) is 20.3 Å². The van der Waals surface area contributed by atoms with Crippen molar-refractivity contribution in [3.63, 3.8) is 0 Å².